The number of hydrogen-bond acceptors (Lipinski definition) is 16. The number of benzene rings is 1. The number of methoxy groups -OCH3 is 3. The first-order valence-corrected chi connectivity index (χ1v) is 24.3. The molecule has 21 atom stereocenters. The number of carbonyl (C=O) groups excluding carboxylic acids is 2. The van der Waals surface area contributed by atoms with E-state index >= 15 is 0 Å². The van der Waals surface area contributed by atoms with Crippen LogP contribution in [0.2, 0.25) is 0 Å². The van der Waals surface area contributed by atoms with Gasteiger partial charge in [0.2, 0.25) is 0 Å². The number of rotatable bonds is 13. The molecule has 67 heavy (non-hydrogen) atoms. The van der Waals surface area contributed by atoms with E-state index in [0.29, 0.717) is 44.9 Å². The highest BCUT2D eigenvalue weighted by molar-refractivity contribution is 5.87. The molecule has 7 aliphatic rings. The van der Waals surface area contributed by atoms with E-state index in [0.717, 1.165) is 11.1 Å². The molecule has 4 N–H and O–H groups in total. The van der Waals surface area contributed by atoms with Gasteiger partial charge in [-0.3, -0.25) is 4.79 Å². The second-order valence-electron chi connectivity index (χ2n) is 20.7. The maximum absolute atomic E-state index is 13.5. The van der Waals surface area contributed by atoms with Crippen LogP contribution in [0.1, 0.15) is 105 Å². The molecule has 0 unspecified atom stereocenters. The van der Waals surface area contributed by atoms with Crippen LogP contribution >= 0.6 is 0 Å². The summed E-state index contributed by atoms with van der Waals surface area (Å²) in [6, 6.07) is 9.45. The minimum absolute atomic E-state index is 0.0899. The monoisotopic (exact) mass is 942 g/mol. The summed E-state index contributed by atoms with van der Waals surface area (Å²) in [4.78, 5) is 26.8. The van der Waals surface area contributed by atoms with Gasteiger partial charge in [0.15, 0.2) is 18.9 Å². The van der Waals surface area contributed by atoms with Gasteiger partial charge in [-0.2, -0.15) is 0 Å². The lowest BCUT2D eigenvalue weighted by atomic mass is 9.43. The summed E-state index contributed by atoms with van der Waals surface area (Å²) in [5.74, 6) is -1.69. The SMILES string of the molecule is CO[C@@H]1[C@@H](O)[C@H](O[C@H]2[C@@H](OC)C[C@H](O[C@H]3[C@@H](OC)C[C@H](O[C@H]4CC[C@@]5(C)C(=CC[C@]6(O)[C@@H]5C[C@@H](OC(=O)/C=C\c5ccccc5)[C@]5(C)[C@H](C(C)=O)CC[C@@]56O)C4)O[C@@H]3C)O[C@@H]2C)O[C@H](C)[C@H]1O. The quantitative estimate of drug-likeness (QED) is 0.122. The van der Waals surface area contributed by atoms with Gasteiger partial charge in [-0.25, -0.2) is 4.79 Å². The number of esters is 1. The number of Topliss-reactive ketones (excluding diaryl/α,β-unsaturated/α-hetero) is 1. The van der Waals surface area contributed by atoms with Crippen molar-refractivity contribution >= 4 is 17.8 Å². The molecule has 0 amide bonds. The van der Waals surface area contributed by atoms with Crippen molar-refractivity contribution in [1.29, 1.82) is 0 Å². The molecular weight excluding hydrogens is 869 g/mol. The molecule has 4 aliphatic carbocycles. The fourth-order valence-electron chi connectivity index (χ4n) is 13.4. The largest absolute Gasteiger partial charge is 0.458 e. The van der Waals surface area contributed by atoms with E-state index in [-0.39, 0.29) is 24.7 Å². The van der Waals surface area contributed by atoms with Gasteiger partial charge in [0, 0.05) is 57.5 Å². The van der Waals surface area contributed by atoms with Crippen molar-refractivity contribution in [1.82, 2.24) is 0 Å². The van der Waals surface area contributed by atoms with Crippen LogP contribution in [0, 0.1) is 22.7 Å². The Morgan fingerprint density at radius 1 is 0.761 bits per heavy atom. The van der Waals surface area contributed by atoms with Crippen LogP contribution in [0.3, 0.4) is 0 Å². The molecule has 1 aromatic carbocycles. The van der Waals surface area contributed by atoms with E-state index in [4.69, 9.17) is 47.4 Å². The smallest absolute Gasteiger partial charge is 0.331 e. The molecule has 0 aromatic heterocycles. The molecule has 3 saturated heterocycles. The van der Waals surface area contributed by atoms with Gasteiger partial charge < -0.3 is 67.8 Å². The Labute approximate surface area is 394 Å². The van der Waals surface area contributed by atoms with Gasteiger partial charge in [-0.05, 0) is 89.7 Å². The van der Waals surface area contributed by atoms with Crippen LogP contribution in [-0.4, -0.2) is 157 Å². The summed E-state index contributed by atoms with van der Waals surface area (Å²) < 4.78 is 61.8. The van der Waals surface area contributed by atoms with E-state index in [2.05, 4.69) is 13.0 Å². The minimum atomic E-state index is -1.68. The summed E-state index contributed by atoms with van der Waals surface area (Å²) >= 11 is 0. The Kier molecular flexibility index (Phi) is 15.0. The molecule has 3 saturated carbocycles. The fourth-order valence-corrected chi connectivity index (χ4v) is 13.4. The van der Waals surface area contributed by atoms with Crippen molar-refractivity contribution in [3.8, 4) is 0 Å². The number of ether oxygens (including phenoxy) is 10. The molecular formula is C51H74O16. The molecule has 0 radical (unpaired) electrons. The third-order valence-electron chi connectivity index (χ3n) is 17.2. The van der Waals surface area contributed by atoms with Crippen molar-refractivity contribution in [3.05, 3.63) is 53.6 Å². The third-order valence-corrected chi connectivity index (χ3v) is 17.2. The van der Waals surface area contributed by atoms with E-state index in [1.54, 1.807) is 27.2 Å². The molecule has 3 aliphatic heterocycles. The predicted molar refractivity (Wildman–Crippen MR) is 241 cm³/mol. The standard InChI is InChI=1S/C51H74O16/c1-27(52)34-19-22-51(57)49(34,6)38(65-39(53)16-15-31-13-11-10-12-14-31)26-37-48(5)20-18-33(23-32(48)17-21-50(37,51)56)64-40-24-35(58-7)44(29(3)61-40)66-41-25-36(59-8)45(30(4)62-41)67-47-43(55)46(60-9)42(54)28(2)63-47/h10-17,28-30,33-38,40-47,54-57H,18-26H2,1-9H3/b16-15-/t28-,29-,30-,33+,34+,35+,36+,37-,38-,40+,41+,42-,43-,44-,45-,46+,47+,48+,49+,50+,51-/m1/s1. The van der Waals surface area contributed by atoms with Gasteiger partial charge in [0.1, 0.15) is 53.6 Å². The van der Waals surface area contributed by atoms with E-state index in [1.807, 2.05) is 51.1 Å². The lowest BCUT2D eigenvalue weighted by molar-refractivity contribution is -0.352. The maximum Gasteiger partial charge on any atom is 0.331 e. The average Bonchev–Trinajstić information content (AvgIpc) is 3.60. The second-order valence-corrected chi connectivity index (χ2v) is 20.7. The number of ketones is 1. The summed E-state index contributed by atoms with van der Waals surface area (Å²) in [5.41, 5.74) is -3.01. The summed E-state index contributed by atoms with van der Waals surface area (Å²) in [6.45, 7) is 11.0. The lowest BCUT2D eigenvalue weighted by Gasteiger charge is -2.66. The van der Waals surface area contributed by atoms with E-state index in [9.17, 15) is 30.0 Å². The summed E-state index contributed by atoms with van der Waals surface area (Å²) in [7, 11) is 4.64. The number of aliphatic hydroxyl groups is 4. The van der Waals surface area contributed by atoms with Gasteiger partial charge in [0.25, 0.3) is 0 Å². The number of hydrogen-bond donors (Lipinski definition) is 4. The van der Waals surface area contributed by atoms with Crippen molar-refractivity contribution < 1.29 is 77.4 Å². The first kappa shape index (κ1) is 50.7. The molecule has 0 bridgehead atoms. The van der Waals surface area contributed by atoms with Crippen LogP contribution < -0.4 is 0 Å². The topological polar surface area (TPSA) is 207 Å². The highest BCUT2D eigenvalue weighted by Gasteiger charge is 2.77. The van der Waals surface area contributed by atoms with E-state index in [1.165, 1.54) is 20.1 Å². The fraction of sp³-hybridized carbons (Fsp3) is 0.765. The Bertz CT molecular complexity index is 1960. The zero-order valence-electron chi connectivity index (χ0n) is 40.5. The average molecular weight is 943 g/mol. The molecule has 16 heteroatoms. The van der Waals surface area contributed by atoms with E-state index < -0.39 is 126 Å². The Morgan fingerprint density at radius 2 is 1.40 bits per heavy atom. The first-order valence-electron chi connectivity index (χ1n) is 24.3. The minimum Gasteiger partial charge on any atom is -0.458 e. The highest BCUT2D eigenvalue weighted by atomic mass is 16.8. The third kappa shape index (κ3) is 9.04. The molecule has 374 valence electrons. The predicted octanol–water partition coefficient (Wildman–Crippen LogP) is 4.56. The molecule has 3 heterocycles. The van der Waals surface area contributed by atoms with Crippen LogP contribution in [0.15, 0.2) is 48.1 Å². The molecule has 6 fully saturated rings. The summed E-state index contributed by atoms with van der Waals surface area (Å²) in [6.07, 6.45) is -1.22. The Hall–Kier alpha value is -2.68. The zero-order chi connectivity index (χ0) is 48.2. The Balaban J connectivity index is 0.912. The normalized spacial score (nSPS) is 47.7. The van der Waals surface area contributed by atoms with Gasteiger partial charge in [0.05, 0.1) is 36.6 Å². The molecule has 16 nitrogen and oxygen atoms in total. The molecule has 8 rings (SSSR count). The van der Waals surface area contributed by atoms with Crippen LogP contribution in [0.5, 0.6) is 0 Å². The van der Waals surface area contributed by atoms with Crippen LogP contribution in [0.4, 0.5) is 0 Å². The number of carbonyl (C=O) groups is 2. The number of aliphatic hydroxyl groups excluding tert-OH is 2. The summed E-state index contributed by atoms with van der Waals surface area (Å²) in [5, 5.41) is 47.2. The lowest BCUT2D eigenvalue weighted by Crippen LogP contribution is -2.75. The molecule has 1 aromatic rings. The number of fused-ring (bicyclic) bond motifs is 5. The second kappa shape index (κ2) is 19.8. The van der Waals surface area contributed by atoms with Gasteiger partial charge >= 0.3 is 5.97 Å². The Morgan fingerprint density at radius 3 is 2.03 bits per heavy atom. The van der Waals surface area contributed by atoms with Crippen molar-refractivity contribution in [2.75, 3.05) is 21.3 Å². The van der Waals surface area contributed by atoms with Crippen molar-refractivity contribution in [2.45, 2.75) is 203 Å². The van der Waals surface area contributed by atoms with Crippen molar-refractivity contribution in [3.63, 3.8) is 0 Å². The highest BCUT2D eigenvalue weighted by Crippen LogP contribution is 2.70. The first-order chi connectivity index (χ1) is 31.8. The zero-order valence-corrected chi connectivity index (χ0v) is 40.5. The van der Waals surface area contributed by atoms with Gasteiger partial charge in [-0.1, -0.05) is 55.8 Å². The van der Waals surface area contributed by atoms with Crippen molar-refractivity contribution in [2.24, 2.45) is 22.7 Å². The maximum atomic E-state index is 13.5. The molecule has 0 spiro atoms. The van der Waals surface area contributed by atoms with Crippen LogP contribution in [-0.2, 0) is 57.0 Å². The van der Waals surface area contributed by atoms with Gasteiger partial charge in [-0.15, -0.1) is 0 Å². The van der Waals surface area contributed by atoms with Crippen LogP contribution in [0.25, 0.3) is 6.08 Å².